The molecule has 0 unspecified atom stereocenters. The molecule has 1 heterocycles. The summed E-state index contributed by atoms with van der Waals surface area (Å²) in [5.74, 6) is 1.17. The highest BCUT2D eigenvalue weighted by molar-refractivity contribution is 6.35. The minimum absolute atomic E-state index is 0.350. The minimum Gasteiger partial charge on any atom is -0.295 e. The second kappa shape index (κ2) is 5.47. The van der Waals surface area contributed by atoms with Crippen LogP contribution in [-0.2, 0) is 12.3 Å². The predicted molar refractivity (Wildman–Crippen MR) is 85.0 cm³/mol. The van der Waals surface area contributed by atoms with Gasteiger partial charge in [-0.2, -0.15) is 0 Å². The number of hydrogen-bond acceptors (Lipinski definition) is 1. The summed E-state index contributed by atoms with van der Waals surface area (Å²) < 4.78 is 2.10. The van der Waals surface area contributed by atoms with Gasteiger partial charge in [-0.25, -0.2) is 4.98 Å². The van der Waals surface area contributed by atoms with Crippen molar-refractivity contribution in [3.05, 3.63) is 58.9 Å². The Morgan fingerprint density at radius 1 is 1.10 bits per heavy atom. The molecule has 0 N–H and O–H groups in total. The van der Waals surface area contributed by atoms with Gasteiger partial charge >= 0.3 is 0 Å². The SMILES string of the molecule is CCc1ccccc1-n1c(CCl)nc2c(Cl)cccc21. The lowest BCUT2D eigenvalue weighted by atomic mass is 10.1. The second-order valence-electron chi connectivity index (χ2n) is 4.59. The molecule has 0 amide bonds. The van der Waals surface area contributed by atoms with E-state index in [4.69, 9.17) is 23.2 Å². The highest BCUT2D eigenvalue weighted by Crippen LogP contribution is 2.29. The number of halogens is 2. The Morgan fingerprint density at radius 3 is 2.65 bits per heavy atom. The zero-order valence-electron chi connectivity index (χ0n) is 11.1. The first-order valence-electron chi connectivity index (χ1n) is 6.56. The van der Waals surface area contributed by atoms with Crippen LogP contribution in [0.15, 0.2) is 42.5 Å². The van der Waals surface area contributed by atoms with Crippen LogP contribution in [0.4, 0.5) is 0 Å². The van der Waals surface area contributed by atoms with Crippen LogP contribution in [0.3, 0.4) is 0 Å². The number of aromatic nitrogens is 2. The second-order valence-corrected chi connectivity index (χ2v) is 5.26. The fourth-order valence-electron chi connectivity index (χ4n) is 2.50. The third kappa shape index (κ3) is 2.09. The van der Waals surface area contributed by atoms with Gasteiger partial charge in [0, 0.05) is 0 Å². The number of imidazole rings is 1. The van der Waals surface area contributed by atoms with Crippen LogP contribution < -0.4 is 0 Å². The van der Waals surface area contributed by atoms with Crippen LogP contribution in [0.25, 0.3) is 16.7 Å². The van der Waals surface area contributed by atoms with Crippen molar-refractivity contribution in [2.75, 3.05) is 0 Å². The normalized spacial score (nSPS) is 11.2. The fraction of sp³-hybridized carbons (Fsp3) is 0.188. The first kappa shape index (κ1) is 13.5. The monoisotopic (exact) mass is 304 g/mol. The molecule has 4 heteroatoms. The average molecular weight is 305 g/mol. The van der Waals surface area contributed by atoms with E-state index in [9.17, 15) is 0 Å². The van der Waals surface area contributed by atoms with Gasteiger partial charge in [-0.3, -0.25) is 4.57 Å². The van der Waals surface area contributed by atoms with Gasteiger partial charge in [0.05, 0.1) is 22.1 Å². The third-order valence-electron chi connectivity index (χ3n) is 3.44. The Morgan fingerprint density at radius 2 is 1.90 bits per heavy atom. The van der Waals surface area contributed by atoms with Gasteiger partial charge < -0.3 is 0 Å². The summed E-state index contributed by atoms with van der Waals surface area (Å²) in [6.45, 7) is 2.14. The molecule has 0 radical (unpaired) electrons. The van der Waals surface area contributed by atoms with Crippen molar-refractivity contribution in [3.8, 4) is 5.69 Å². The summed E-state index contributed by atoms with van der Waals surface area (Å²) in [6.07, 6.45) is 0.956. The van der Waals surface area contributed by atoms with Crippen LogP contribution in [0.2, 0.25) is 5.02 Å². The first-order chi connectivity index (χ1) is 9.76. The molecule has 0 bridgehead atoms. The molecule has 0 atom stereocenters. The number of benzene rings is 2. The molecule has 0 aliphatic rings. The van der Waals surface area contributed by atoms with Crippen LogP contribution in [0.5, 0.6) is 0 Å². The molecule has 2 aromatic carbocycles. The summed E-state index contributed by atoms with van der Waals surface area (Å²) in [4.78, 5) is 4.58. The minimum atomic E-state index is 0.350. The summed E-state index contributed by atoms with van der Waals surface area (Å²) in [5, 5.41) is 0.654. The van der Waals surface area contributed by atoms with Gasteiger partial charge in [0.25, 0.3) is 0 Å². The summed E-state index contributed by atoms with van der Waals surface area (Å²) in [6, 6.07) is 14.1. The molecular weight excluding hydrogens is 291 g/mol. The highest BCUT2D eigenvalue weighted by atomic mass is 35.5. The third-order valence-corrected chi connectivity index (χ3v) is 3.98. The van der Waals surface area contributed by atoms with E-state index in [0.29, 0.717) is 10.9 Å². The Kier molecular flexibility index (Phi) is 3.68. The van der Waals surface area contributed by atoms with Gasteiger partial charge in [0.1, 0.15) is 11.3 Å². The van der Waals surface area contributed by atoms with Crippen molar-refractivity contribution in [2.45, 2.75) is 19.2 Å². The van der Waals surface area contributed by atoms with Crippen LogP contribution in [0.1, 0.15) is 18.3 Å². The Labute approximate surface area is 128 Å². The molecule has 0 saturated heterocycles. The van der Waals surface area contributed by atoms with Gasteiger partial charge in [-0.15, -0.1) is 11.6 Å². The lowest BCUT2D eigenvalue weighted by molar-refractivity contribution is 0.955. The van der Waals surface area contributed by atoms with Gasteiger partial charge in [0.15, 0.2) is 0 Å². The number of alkyl halides is 1. The molecule has 0 spiro atoms. The van der Waals surface area contributed by atoms with Crippen LogP contribution >= 0.6 is 23.2 Å². The molecule has 0 saturated carbocycles. The van der Waals surface area contributed by atoms with Crippen molar-refractivity contribution in [1.82, 2.24) is 9.55 Å². The first-order valence-corrected chi connectivity index (χ1v) is 7.47. The van der Waals surface area contributed by atoms with E-state index in [1.54, 1.807) is 0 Å². The van der Waals surface area contributed by atoms with E-state index >= 15 is 0 Å². The van der Waals surface area contributed by atoms with E-state index < -0.39 is 0 Å². The molecule has 102 valence electrons. The Bertz CT molecular complexity index is 762. The number of hydrogen-bond donors (Lipinski definition) is 0. The lowest BCUT2D eigenvalue weighted by Crippen LogP contribution is -2.02. The number of rotatable bonds is 3. The number of fused-ring (bicyclic) bond motifs is 1. The number of aryl methyl sites for hydroxylation is 1. The zero-order chi connectivity index (χ0) is 14.1. The van der Waals surface area contributed by atoms with Gasteiger partial charge in [-0.05, 0) is 30.2 Å². The molecule has 1 aromatic heterocycles. The van der Waals surface area contributed by atoms with E-state index in [-0.39, 0.29) is 0 Å². The topological polar surface area (TPSA) is 17.8 Å². The average Bonchev–Trinajstić information content (AvgIpc) is 2.87. The van der Waals surface area contributed by atoms with Crippen molar-refractivity contribution in [3.63, 3.8) is 0 Å². The Balaban J connectivity index is 2.37. The van der Waals surface area contributed by atoms with Crippen LogP contribution in [0, 0.1) is 0 Å². The molecule has 0 aliphatic carbocycles. The zero-order valence-corrected chi connectivity index (χ0v) is 12.6. The van der Waals surface area contributed by atoms with Crippen LogP contribution in [-0.4, -0.2) is 9.55 Å². The maximum atomic E-state index is 6.24. The molecule has 3 aromatic rings. The van der Waals surface area contributed by atoms with Gasteiger partial charge in [0.2, 0.25) is 0 Å². The summed E-state index contributed by atoms with van der Waals surface area (Å²) in [7, 11) is 0. The Hall–Kier alpha value is -1.51. The molecule has 0 fully saturated rings. The maximum Gasteiger partial charge on any atom is 0.129 e. The van der Waals surface area contributed by atoms with Crippen molar-refractivity contribution in [2.24, 2.45) is 0 Å². The molecular formula is C16H14Cl2N2. The molecule has 0 aliphatic heterocycles. The van der Waals surface area contributed by atoms with Gasteiger partial charge in [-0.1, -0.05) is 42.8 Å². The largest absolute Gasteiger partial charge is 0.295 e. The lowest BCUT2D eigenvalue weighted by Gasteiger charge is -2.12. The summed E-state index contributed by atoms with van der Waals surface area (Å²) >= 11 is 12.3. The smallest absolute Gasteiger partial charge is 0.129 e. The molecule has 20 heavy (non-hydrogen) atoms. The standard InChI is InChI=1S/C16H14Cl2N2/c1-2-11-6-3-4-8-13(11)20-14-9-5-7-12(18)16(14)19-15(20)10-17/h3-9H,2,10H2,1H3. The van der Waals surface area contributed by atoms with Crippen molar-refractivity contribution in [1.29, 1.82) is 0 Å². The van der Waals surface area contributed by atoms with E-state index in [1.807, 2.05) is 24.3 Å². The molecule has 3 rings (SSSR count). The van der Waals surface area contributed by atoms with E-state index in [0.717, 1.165) is 29.0 Å². The van der Waals surface area contributed by atoms with E-state index in [2.05, 4.69) is 34.7 Å². The number of para-hydroxylation sites is 2. The predicted octanol–water partition coefficient (Wildman–Crippen LogP) is 4.98. The van der Waals surface area contributed by atoms with E-state index in [1.165, 1.54) is 5.56 Å². The fourth-order valence-corrected chi connectivity index (χ4v) is 2.89. The van der Waals surface area contributed by atoms with Crippen molar-refractivity contribution >= 4 is 34.2 Å². The van der Waals surface area contributed by atoms with Crippen molar-refractivity contribution < 1.29 is 0 Å². The quantitative estimate of drug-likeness (QED) is 0.624. The molecule has 2 nitrogen and oxygen atoms in total. The summed E-state index contributed by atoms with van der Waals surface area (Å²) in [5.41, 5.74) is 4.18. The maximum absolute atomic E-state index is 6.24. The highest BCUT2D eigenvalue weighted by Gasteiger charge is 2.15. The number of nitrogens with zero attached hydrogens (tertiary/aromatic N) is 2.